The van der Waals surface area contributed by atoms with Crippen LogP contribution < -0.4 is 0 Å². The quantitative estimate of drug-likeness (QED) is 0.212. The number of hydrogen-bond acceptors (Lipinski definition) is 8. The van der Waals surface area contributed by atoms with E-state index in [2.05, 4.69) is 36.4 Å². The van der Waals surface area contributed by atoms with Crippen LogP contribution in [-0.2, 0) is 24.6 Å². The first-order chi connectivity index (χ1) is 23.4. The van der Waals surface area contributed by atoms with E-state index in [9.17, 15) is 19.2 Å². The van der Waals surface area contributed by atoms with E-state index >= 15 is 0 Å². The minimum atomic E-state index is -0.171. The Bertz CT molecular complexity index is 1990. The molecule has 0 aliphatic heterocycles. The van der Waals surface area contributed by atoms with Gasteiger partial charge in [-0.05, 0) is 108 Å². The lowest BCUT2D eigenvalue weighted by atomic mass is 9.67. The zero-order valence-corrected chi connectivity index (χ0v) is 28.4. The van der Waals surface area contributed by atoms with E-state index in [1.54, 1.807) is 22.7 Å². The Balaban J connectivity index is 1.06. The summed E-state index contributed by atoms with van der Waals surface area (Å²) in [5, 5.41) is 3.71. The van der Waals surface area contributed by atoms with Crippen molar-refractivity contribution in [2.45, 2.75) is 88.9 Å². The molecule has 6 nitrogen and oxygen atoms in total. The van der Waals surface area contributed by atoms with Crippen LogP contribution in [0, 0.1) is 23.7 Å². The molecule has 2 aromatic heterocycles. The Morgan fingerprint density at radius 2 is 0.896 bits per heavy atom. The van der Waals surface area contributed by atoms with E-state index in [-0.39, 0.29) is 63.6 Å². The summed E-state index contributed by atoms with van der Waals surface area (Å²) in [5.41, 5.74) is 5.54. The van der Waals surface area contributed by atoms with Gasteiger partial charge in [0.2, 0.25) is 0 Å². The molecule has 1 spiro atoms. The molecule has 4 aromatic rings. The Morgan fingerprint density at radius 1 is 0.500 bits per heavy atom. The van der Waals surface area contributed by atoms with Crippen molar-refractivity contribution < 1.29 is 19.2 Å². The summed E-state index contributed by atoms with van der Waals surface area (Å²) in [6.07, 6.45) is 13.1. The Hall–Kier alpha value is -3.62. The maximum Gasteiger partial charge on any atom is 0.188 e. The first-order valence-corrected chi connectivity index (χ1v) is 19.5. The zero-order valence-electron chi connectivity index (χ0n) is 26.8. The second-order valence-corrected chi connectivity index (χ2v) is 17.2. The molecule has 2 aromatic carbocycles. The second-order valence-electron chi connectivity index (χ2n) is 15.1. The minimum absolute atomic E-state index is 0.0516. The molecule has 5 saturated carbocycles. The van der Waals surface area contributed by atoms with Crippen LogP contribution in [0.3, 0.4) is 0 Å². The molecule has 0 amide bonds. The maximum absolute atomic E-state index is 13.2. The van der Waals surface area contributed by atoms with Gasteiger partial charge in [-0.1, -0.05) is 44.9 Å². The highest BCUT2D eigenvalue weighted by Gasteiger charge is 2.49. The zero-order chi connectivity index (χ0) is 32.3. The van der Waals surface area contributed by atoms with Gasteiger partial charge in [0.25, 0.3) is 0 Å². The Morgan fingerprint density at radius 3 is 1.29 bits per heavy atom. The summed E-state index contributed by atoms with van der Waals surface area (Å²) < 4.78 is 2.22. The number of carbonyl (C=O) groups is 4. The summed E-state index contributed by atoms with van der Waals surface area (Å²) in [4.78, 5) is 62.2. The number of rotatable bonds is 2. The summed E-state index contributed by atoms with van der Waals surface area (Å²) >= 11 is 3.12. The highest BCUT2D eigenvalue weighted by Crippen LogP contribution is 2.58. The molecule has 2 heterocycles. The van der Waals surface area contributed by atoms with Gasteiger partial charge in [-0.2, -0.15) is 0 Å². The fraction of sp³-hybridized carbons (Fsp3) is 0.450. The van der Waals surface area contributed by atoms with E-state index in [0.717, 1.165) is 94.4 Å². The van der Waals surface area contributed by atoms with Crippen molar-refractivity contribution in [3.8, 4) is 11.1 Å². The first kappa shape index (κ1) is 29.3. The topological polar surface area (TPSA) is 93.0 Å². The van der Waals surface area contributed by atoms with E-state index in [0.29, 0.717) is 0 Å². The van der Waals surface area contributed by atoms with Gasteiger partial charge < -0.3 is 0 Å². The lowest BCUT2D eigenvalue weighted by molar-refractivity contribution is -0.120. The third kappa shape index (κ3) is 4.14. The predicted molar refractivity (Wildman–Crippen MR) is 192 cm³/mol. The Labute approximate surface area is 286 Å². The molecule has 6 aliphatic carbocycles. The van der Waals surface area contributed by atoms with Crippen LogP contribution >= 0.6 is 22.7 Å². The SMILES string of the molecule is O=C1C(=Nc2cc3cc4c(cc3s2)-c2cc3sc(N=C5C(=O)C6CCCCC6C5=O)cc3cc2C42CCCCC2)C(=O)C2CCCCC12. The third-order valence-electron chi connectivity index (χ3n) is 12.6. The van der Waals surface area contributed by atoms with Crippen molar-refractivity contribution >= 4 is 87.4 Å². The van der Waals surface area contributed by atoms with Gasteiger partial charge in [-0.15, -0.1) is 22.7 Å². The van der Waals surface area contributed by atoms with Crippen LogP contribution in [0.4, 0.5) is 10.0 Å². The molecule has 8 heteroatoms. The molecule has 0 bridgehead atoms. The number of aliphatic imine (C=N–C) groups is 2. The van der Waals surface area contributed by atoms with Crippen LogP contribution in [0.25, 0.3) is 31.3 Å². The van der Waals surface area contributed by atoms with Gasteiger partial charge in [0.15, 0.2) is 34.6 Å². The largest absolute Gasteiger partial charge is 0.292 e. The molecule has 242 valence electrons. The van der Waals surface area contributed by atoms with Crippen molar-refractivity contribution in [3.63, 3.8) is 0 Å². The number of Topliss-reactive ketones (excluding diaryl/α,β-unsaturated/α-hetero) is 4. The second kappa shape index (κ2) is 10.7. The minimum Gasteiger partial charge on any atom is -0.292 e. The fourth-order valence-corrected chi connectivity index (χ4v) is 12.2. The molecule has 6 aliphatic rings. The number of benzene rings is 2. The first-order valence-electron chi connectivity index (χ1n) is 17.9. The molecule has 0 N–H and O–H groups in total. The summed E-state index contributed by atoms with van der Waals surface area (Å²) in [5.74, 6) is -0.891. The van der Waals surface area contributed by atoms with Gasteiger partial charge in [0.1, 0.15) is 10.0 Å². The monoisotopic (exact) mass is 672 g/mol. The molecule has 48 heavy (non-hydrogen) atoms. The van der Waals surface area contributed by atoms with Crippen LogP contribution in [0.2, 0.25) is 0 Å². The summed E-state index contributed by atoms with van der Waals surface area (Å²) in [7, 11) is 0. The number of ketones is 4. The van der Waals surface area contributed by atoms with E-state index < -0.39 is 0 Å². The van der Waals surface area contributed by atoms with E-state index in [1.807, 2.05) is 0 Å². The number of hydrogen-bond donors (Lipinski definition) is 0. The Kier molecular flexibility index (Phi) is 6.53. The van der Waals surface area contributed by atoms with Crippen LogP contribution in [-0.4, -0.2) is 34.6 Å². The average molecular weight is 673 g/mol. The number of carbonyl (C=O) groups excluding carboxylic acids is 4. The van der Waals surface area contributed by atoms with Gasteiger partial charge in [0, 0.05) is 38.5 Å². The van der Waals surface area contributed by atoms with Crippen molar-refractivity contribution in [1.82, 2.24) is 0 Å². The van der Waals surface area contributed by atoms with Crippen LogP contribution in [0.1, 0.15) is 94.6 Å². The van der Waals surface area contributed by atoms with Crippen LogP contribution in [0.5, 0.6) is 0 Å². The predicted octanol–water partition coefficient (Wildman–Crippen LogP) is 9.41. The fourth-order valence-electron chi connectivity index (χ4n) is 10.2. The lowest BCUT2D eigenvalue weighted by Crippen LogP contribution is -2.28. The molecule has 4 atom stereocenters. The van der Waals surface area contributed by atoms with E-state index in [1.165, 1.54) is 41.5 Å². The van der Waals surface area contributed by atoms with Gasteiger partial charge in [0.05, 0.1) is 0 Å². The summed E-state index contributed by atoms with van der Waals surface area (Å²) in [6, 6.07) is 13.5. The smallest absolute Gasteiger partial charge is 0.188 e. The van der Waals surface area contributed by atoms with Crippen molar-refractivity contribution in [2.75, 3.05) is 0 Å². The number of nitrogens with zero attached hydrogens (tertiary/aromatic N) is 2. The van der Waals surface area contributed by atoms with E-state index in [4.69, 9.17) is 9.98 Å². The molecular formula is C40H36N2O4S2. The summed E-state index contributed by atoms with van der Waals surface area (Å²) in [6.45, 7) is 0. The maximum atomic E-state index is 13.2. The van der Waals surface area contributed by atoms with Crippen molar-refractivity contribution in [1.29, 1.82) is 0 Å². The average Bonchev–Trinajstić information content (AvgIpc) is 3.87. The van der Waals surface area contributed by atoms with Crippen molar-refractivity contribution in [2.24, 2.45) is 33.7 Å². The van der Waals surface area contributed by atoms with Crippen molar-refractivity contribution in [3.05, 3.63) is 47.5 Å². The third-order valence-corrected chi connectivity index (χ3v) is 14.6. The molecule has 0 radical (unpaired) electrons. The molecule has 0 saturated heterocycles. The molecule has 4 unspecified atom stereocenters. The normalized spacial score (nSPS) is 27.6. The van der Waals surface area contributed by atoms with Gasteiger partial charge >= 0.3 is 0 Å². The lowest BCUT2D eigenvalue weighted by Gasteiger charge is -2.36. The van der Waals surface area contributed by atoms with Gasteiger partial charge in [-0.3, -0.25) is 19.2 Å². The highest BCUT2D eigenvalue weighted by molar-refractivity contribution is 7.23. The molecular weight excluding hydrogens is 637 g/mol. The van der Waals surface area contributed by atoms with Gasteiger partial charge in [-0.25, -0.2) is 9.98 Å². The molecule has 10 rings (SSSR count). The standard InChI is InChI=1S/C40H36N2O4S2/c43-36-22-8-2-3-9-23(22)37(44)34(36)41-32-16-20-14-28-26(18-30(20)47-32)27-19-31-21(15-29(27)40(28)12-6-1-7-13-40)17-33(48-31)42-35-38(45)24-10-4-5-11-25(24)39(35)46/h14-19,22-25H,1-13H2. The number of fused-ring (bicyclic) bond motifs is 9. The highest BCUT2D eigenvalue weighted by atomic mass is 32.1. The van der Waals surface area contributed by atoms with Crippen LogP contribution in [0.15, 0.2) is 46.4 Å². The number of thiophene rings is 2. The molecule has 5 fully saturated rings.